The fourth-order valence-corrected chi connectivity index (χ4v) is 5.19. The van der Waals surface area contributed by atoms with Gasteiger partial charge in [0.25, 0.3) is 11.1 Å². The average molecular weight is 601 g/mol. The Morgan fingerprint density at radius 1 is 1.23 bits per heavy atom. The summed E-state index contributed by atoms with van der Waals surface area (Å²) in [6.07, 6.45) is 2.44. The van der Waals surface area contributed by atoms with Crippen LogP contribution in [0.4, 0.5) is 4.79 Å². The van der Waals surface area contributed by atoms with Crippen LogP contribution >= 0.6 is 56.9 Å². The number of halogens is 2. The Morgan fingerprint density at radius 3 is 2.46 bits per heavy atom. The van der Waals surface area contributed by atoms with Crippen LogP contribution < -0.4 is 4.74 Å². The molecule has 1 aromatic carbocycles. The van der Waals surface area contributed by atoms with Crippen molar-refractivity contribution in [3.63, 3.8) is 0 Å². The number of amides is 2. The molecule has 0 bridgehead atoms. The standard InChI is InChI=1S/C17H17I2NO5S/c1-3-5-20-16(22)13(26-17(20)23)8-10-6-11(18)15(12(19)7-10)25-9-14(21)24-4-2/h6-8H,3-5,9H2,1-2H3/b13-8+. The molecule has 26 heavy (non-hydrogen) atoms. The van der Waals surface area contributed by atoms with Gasteiger partial charge in [-0.3, -0.25) is 14.5 Å². The van der Waals surface area contributed by atoms with Crippen LogP contribution in [0.1, 0.15) is 25.8 Å². The monoisotopic (exact) mass is 601 g/mol. The lowest BCUT2D eigenvalue weighted by atomic mass is 10.2. The fraction of sp³-hybridized carbons (Fsp3) is 0.353. The smallest absolute Gasteiger partial charge is 0.344 e. The van der Waals surface area contributed by atoms with Crippen molar-refractivity contribution in [2.75, 3.05) is 19.8 Å². The lowest BCUT2D eigenvalue weighted by molar-refractivity contribution is -0.145. The average Bonchev–Trinajstić information content (AvgIpc) is 2.82. The van der Waals surface area contributed by atoms with Gasteiger partial charge in [-0.1, -0.05) is 6.92 Å². The molecule has 140 valence electrons. The summed E-state index contributed by atoms with van der Waals surface area (Å²) in [5.74, 6) is -0.0854. The number of hydrogen-bond donors (Lipinski definition) is 0. The molecule has 2 rings (SSSR count). The summed E-state index contributed by atoms with van der Waals surface area (Å²) in [4.78, 5) is 37.4. The third-order valence-electron chi connectivity index (χ3n) is 3.28. The number of imide groups is 1. The Labute approximate surface area is 183 Å². The molecule has 1 aliphatic heterocycles. The largest absolute Gasteiger partial charge is 0.480 e. The SMILES string of the molecule is CCCN1C(=O)S/C(=C/c2cc(I)c(OCC(=O)OCC)c(I)c2)C1=O. The van der Waals surface area contributed by atoms with Crippen LogP contribution in [0.2, 0.25) is 0 Å². The number of benzene rings is 1. The number of rotatable bonds is 7. The second-order valence-corrected chi connectivity index (χ2v) is 8.56. The second-order valence-electron chi connectivity index (χ2n) is 5.24. The van der Waals surface area contributed by atoms with E-state index in [0.717, 1.165) is 30.9 Å². The molecule has 0 saturated carbocycles. The summed E-state index contributed by atoms with van der Waals surface area (Å²) in [5.41, 5.74) is 0.796. The van der Waals surface area contributed by atoms with Crippen molar-refractivity contribution in [2.24, 2.45) is 0 Å². The van der Waals surface area contributed by atoms with Crippen molar-refractivity contribution in [3.05, 3.63) is 29.7 Å². The fourth-order valence-electron chi connectivity index (χ4n) is 2.20. The van der Waals surface area contributed by atoms with E-state index in [2.05, 4.69) is 45.2 Å². The van der Waals surface area contributed by atoms with Crippen LogP contribution in [0.25, 0.3) is 6.08 Å². The van der Waals surface area contributed by atoms with Crippen LogP contribution in [0, 0.1) is 7.14 Å². The van der Waals surface area contributed by atoms with E-state index in [0.29, 0.717) is 23.8 Å². The number of esters is 1. The third-order valence-corrected chi connectivity index (χ3v) is 5.79. The van der Waals surface area contributed by atoms with Crippen LogP contribution in [0.15, 0.2) is 17.0 Å². The first-order valence-electron chi connectivity index (χ1n) is 7.90. The molecule has 1 aliphatic rings. The predicted octanol–water partition coefficient (Wildman–Crippen LogP) is 4.28. The topological polar surface area (TPSA) is 72.9 Å². The third kappa shape index (κ3) is 5.35. The van der Waals surface area contributed by atoms with Gasteiger partial charge in [-0.05, 0) is 94.1 Å². The number of ether oxygens (including phenoxy) is 2. The lowest BCUT2D eigenvalue weighted by Crippen LogP contribution is -2.28. The minimum Gasteiger partial charge on any atom is -0.480 e. The Morgan fingerprint density at radius 2 is 1.88 bits per heavy atom. The molecule has 0 atom stereocenters. The maximum absolute atomic E-state index is 12.3. The molecule has 1 heterocycles. The van der Waals surface area contributed by atoms with Crippen molar-refractivity contribution in [2.45, 2.75) is 20.3 Å². The van der Waals surface area contributed by atoms with Gasteiger partial charge in [0.1, 0.15) is 5.75 Å². The molecule has 0 N–H and O–H groups in total. The normalized spacial score (nSPS) is 15.7. The van der Waals surface area contributed by atoms with E-state index in [1.165, 1.54) is 4.90 Å². The molecular formula is C17H17I2NO5S. The minimum atomic E-state index is -0.423. The Balaban J connectivity index is 2.18. The summed E-state index contributed by atoms with van der Waals surface area (Å²) < 4.78 is 12.0. The van der Waals surface area contributed by atoms with E-state index in [9.17, 15) is 14.4 Å². The molecule has 1 aromatic rings. The van der Waals surface area contributed by atoms with Crippen molar-refractivity contribution in [1.29, 1.82) is 0 Å². The first-order valence-corrected chi connectivity index (χ1v) is 10.9. The molecule has 0 unspecified atom stereocenters. The molecule has 1 saturated heterocycles. The van der Waals surface area contributed by atoms with E-state index in [-0.39, 0.29) is 17.8 Å². The van der Waals surface area contributed by atoms with Gasteiger partial charge in [0, 0.05) is 6.54 Å². The van der Waals surface area contributed by atoms with Crippen molar-refractivity contribution >= 4 is 80.1 Å². The van der Waals surface area contributed by atoms with Crippen molar-refractivity contribution in [1.82, 2.24) is 4.90 Å². The summed E-state index contributed by atoms with van der Waals surface area (Å²) in [5, 5.41) is -0.234. The molecule has 0 radical (unpaired) electrons. The lowest BCUT2D eigenvalue weighted by Gasteiger charge is -2.11. The van der Waals surface area contributed by atoms with Gasteiger partial charge in [-0.2, -0.15) is 0 Å². The molecule has 2 amide bonds. The zero-order chi connectivity index (χ0) is 19.3. The zero-order valence-electron chi connectivity index (χ0n) is 14.2. The summed E-state index contributed by atoms with van der Waals surface area (Å²) >= 11 is 5.18. The summed E-state index contributed by atoms with van der Waals surface area (Å²) in [7, 11) is 0. The molecule has 9 heteroatoms. The molecule has 1 fully saturated rings. The van der Waals surface area contributed by atoms with Crippen LogP contribution in [0.5, 0.6) is 5.75 Å². The van der Waals surface area contributed by atoms with E-state index in [1.54, 1.807) is 13.0 Å². The quantitative estimate of drug-likeness (QED) is 0.264. The summed E-state index contributed by atoms with van der Waals surface area (Å²) in [6, 6.07) is 3.69. The van der Waals surface area contributed by atoms with Crippen molar-refractivity contribution < 1.29 is 23.9 Å². The van der Waals surface area contributed by atoms with E-state index in [1.807, 2.05) is 19.1 Å². The van der Waals surface area contributed by atoms with Crippen LogP contribution in [0.3, 0.4) is 0 Å². The highest BCUT2D eigenvalue weighted by Crippen LogP contribution is 2.34. The first kappa shape index (κ1) is 21.5. The molecule has 0 aliphatic carbocycles. The Kier molecular flexibility index (Phi) is 8.20. The van der Waals surface area contributed by atoms with Gasteiger partial charge < -0.3 is 9.47 Å². The summed E-state index contributed by atoms with van der Waals surface area (Å²) in [6.45, 7) is 4.24. The predicted molar refractivity (Wildman–Crippen MR) is 117 cm³/mol. The Hall–Kier alpha value is -0.820. The second kappa shape index (κ2) is 9.93. The molecular weight excluding hydrogens is 584 g/mol. The number of hydrogen-bond acceptors (Lipinski definition) is 6. The molecule has 0 aromatic heterocycles. The zero-order valence-corrected chi connectivity index (χ0v) is 19.3. The number of carbonyl (C=O) groups excluding carboxylic acids is 3. The molecule has 6 nitrogen and oxygen atoms in total. The Bertz CT molecular complexity index is 743. The highest BCUT2D eigenvalue weighted by molar-refractivity contribution is 14.1. The van der Waals surface area contributed by atoms with Crippen molar-refractivity contribution in [3.8, 4) is 5.75 Å². The number of thioether (sulfide) groups is 1. The number of carbonyl (C=O) groups is 3. The number of nitrogens with zero attached hydrogens (tertiary/aromatic N) is 1. The van der Waals surface area contributed by atoms with E-state index in [4.69, 9.17) is 9.47 Å². The van der Waals surface area contributed by atoms with Gasteiger partial charge in [-0.25, -0.2) is 4.79 Å². The molecule has 0 spiro atoms. The van der Waals surface area contributed by atoms with Crippen LogP contribution in [-0.2, 0) is 14.3 Å². The van der Waals surface area contributed by atoms with E-state index < -0.39 is 5.97 Å². The van der Waals surface area contributed by atoms with Gasteiger partial charge in [-0.15, -0.1) is 0 Å². The highest BCUT2D eigenvalue weighted by Gasteiger charge is 2.34. The van der Waals surface area contributed by atoms with Gasteiger partial charge in [0.05, 0.1) is 18.7 Å². The first-order chi connectivity index (χ1) is 12.4. The minimum absolute atomic E-state index is 0.158. The maximum Gasteiger partial charge on any atom is 0.344 e. The van der Waals surface area contributed by atoms with Gasteiger partial charge in [0.15, 0.2) is 6.61 Å². The van der Waals surface area contributed by atoms with Gasteiger partial charge >= 0.3 is 5.97 Å². The van der Waals surface area contributed by atoms with Crippen LogP contribution in [-0.4, -0.2) is 41.8 Å². The highest BCUT2D eigenvalue weighted by atomic mass is 127. The maximum atomic E-state index is 12.3. The van der Waals surface area contributed by atoms with E-state index >= 15 is 0 Å². The van der Waals surface area contributed by atoms with Gasteiger partial charge in [0.2, 0.25) is 0 Å².